The Labute approximate surface area is 92.2 Å². The average Bonchev–Trinajstić information content (AvgIpc) is 2.67. The fraction of sp³-hybridized carbons (Fsp3) is 0.600. The van der Waals surface area contributed by atoms with Gasteiger partial charge < -0.3 is 4.74 Å². The summed E-state index contributed by atoms with van der Waals surface area (Å²) in [5.74, 6) is -5.17. The van der Waals surface area contributed by atoms with Crippen molar-refractivity contribution in [1.82, 2.24) is 9.78 Å². The zero-order chi connectivity index (χ0) is 12.2. The zero-order valence-corrected chi connectivity index (χ0v) is 9.24. The van der Waals surface area contributed by atoms with Gasteiger partial charge in [-0.1, -0.05) is 6.92 Å². The Hall–Kier alpha value is -1.46. The van der Waals surface area contributed by atoms with Gasteiger partial charge in [-0.2, -0.15) is 13.9 Å². The number of rotatable bonds is 5. The molecule has 0 spiro atoms. The van der Waals surface area contributed by atoms with Gasteiger partial charge in [0.25, 0.3) is 0 Å². The molecule has 1 heterocycles. The first-order chi connectivity index (χ1) is 7.54. The van der Waals surface area contributed by atoms with Crippen molar-refractivity contribution in [2.45, 2.75) is 32.7 Å². The molecular formula is C10H14F2N2O2. The third kappa shape index (κ3) is 2.37. The topological polar surface area (TPSA) is 44.1 Å². The predicted molar refractivity (Wildman–Crippen MR) is 53.0 cm³/mol. The monoisotopic (exact) mass is 232 g/mol. The second kappa shape index (κ2) is 5.05. The van der Waals surface area contributed by atoms with Gasteiger partial charge in [0, 0.05) is 12.7 Å². The molecule has 0 atom stereocenters. The summed E-state index contributed by atoms with van der Waals surface area (Å²) >= 11 is 0. The number of halogens is 2. The lowest BCUT2D eigenvalue weighted by atomic mass is 10.2. The van der Waals surface area contributed by atoms with Crippen LogP contribution in [0.15, 0.2) is 12.3 Å². The molecule has 4 nitrogen and oxygen atoms in total. The van der Waals surface area contributed by atoms with Crippen molar-refractivity contribution < 1.29 is 18.3 Å². The molecule has 16 heavy (non-hydrogen) atoms. The van der Waals surface area contributed by atoms with Gasteiger partial charge in [-0.05, 0) is 19.4 Å². The number of esters is 1. The van der Waals surface area contributed by atoms with Gasteiger partial charge in [0.2, 0.25) is 0 Å². The summed E-state index contributed by atoms with van der Waals surface area (Å²) in [5, 5.41) is 3.74. The van der Waals surface area contributed by atoms with Gasteiger partial charge in [-0.25, -0.2) is 4.79 Å². The van der Waals surface area contributed by atoms with E-state index < -0.39 is 17.6 Å². The van der Waals surface area contributed by atoms with Crippen LogP contribution in [-0.4, -0.2) is 22.4 Å². The summed E-state index contributed by atoms with van der Waals surface area (Å²) < 4.78 is 32.7. The van der Waals surface area contributed by atoms with Gasteiger partial charge in [0.05, 0.1) is 6.61 Å². The molecule has 0 saturated heterocycles. The van der Waals surface area contributed by atoms with Gasteiger partial charge in [0.1, 0.15) is 5.69 Å². The molecule has 0 bridgehead atoms. The van der Waals surface area contributed by atoms with Gasteiger partial charge >= 0.3 is 11.9 Å². The molecule has 0 saturated carbocycles. The first-order valence-electron chi connectivity index (χ1n) is 5.11. The molecule has 0 aliphatic carbocycles. The van der Waals surface area contributed by atoms with Crippen molar-refractivity contribution in [1.29, 1.82) is 0 Å². The second-order valence-electron chi connectivity index (χ2n) is 3.23. The van der Waals surface area contributed by atoms with E-state index in [1.807, 2.05) is 6.92 Å². The van der Waals surface area contributed by atoms with E-state index >= 15 is 0 Å². The van der Waals surface area contributed by atoms with Crippen molar-refractivity contribution in [3.63, 3.8) is 0 Å². The van der Waals surface area contributed by atoms with Crippen LogP contribution in [0.2, 0.25) is 0 Å². The smallest absolute Gasteiger partial charge is 0.384 e. The molecule has 0 fully saturated rings. The fourth-order valence-corrected chi connectivity index (χ4v) is 1.32. The SMILES string of the molecule is CCCn1nccc1C(F)(F)C(=O)OCC. The van der Waals surface area contributed by atoms with E-state index in [-0.39, 0.29) is 6.61 Å². The van der Waals surface area contributed by atoms with Crippen LogP contribution in [0.25, 0.3) is 0 Å². The van der Waals surface area contributed by atoms with Gasteiger partial charge in [0.15, 0.2) is 0 Å². The lowest BCUT2D eigenvalue weighted by molar-refractivity contribution is -0.174. The molecule has 90 valence electrons. The van der Waals surface area contributed by atoms with E-state index in [2.05, 4.69) is 9.84 Å². The maximum absolute atomic E-state index is 13.6. The maximum Gasteiger partial charge on any atom is 0.384 e. The Morgan fingerprint density at radius 1 is 1.56 bits per heavy atom. The molecule has 0 aromatic carbocycles. The Morgan fingerprint density at radius 2 is 2.25 bits per heavy atom. The number of carbonyl (C=O) groups is 1. The third-order valence-electron chi connectivity index (χ3n) is 2.01. The predicted octanol–water partition coefficient (Wildman–Crippen LogP) is 1.95. The van der Waals surface area contributed by atoms with Crippen molar-refractivity contribution in [3.05, 3.63) is 18.0 Å². The van der Waals surface area contributed by atoms with E-state index in [1.54, 1.807) is 0 Å². The van der Waals surface area contributed by atoms with E-state index in [0.717, 1.165) is 10.7 Å². The molecular weight excluding hydrogens is 218 g/mol. The van der Waals surface area contributed by atoms with Crippen molar-refractivity contribution in [2.75, 3.05) is 6.61 Å². The Morgan fingerprint density at radius 3 is 2.81 bits per heavy atom. The van der Waals surface area contributed by atoms with Crippen LogP contribution in [-0.2, 0) is 22.0 Å². The summed E-state index contributed by atoms with van der Waals surface area (Å²) in [5.41, 5.74) is -0.423. The van der Waals surface area contributed by atoms with Crippen LogP contribution in [0, 0.1) is 0 Å². The summed E-state index contributed by atoms with van der Waals surface area (Å²) in [4.78, 5) is 11.1. The molecule has 1 aromatic heterocycles. The first kappa shape index (κ1) is 12.6. The number of carbonyl (C=O) groups excluding carboxylic acids is 1. The van der Waals surface area contributed by atoms with Crippen LogP contribution in [0.1, 0.15) is 26.0 Å². The van der Waals surface area contributed by atoms with Crippen LogP contribution >= 0.6 is 0 Å². The maximum atomic E-state index is 13.6. The van der Waals surface area contributed by atoms with E-state index in [0.29, 0.717) is 13.0 Å². The highest BCUT2D eigenvalue weighted by Gasteiger charge is 2.45. The highest BCUT2D eigenvalue weighted by molar-refractivity contribution is 5.78. The normalized spacial score (nSPS) is 11.5. The standard InChI is InChI=1S/C10H14F2N2O2/c1-3-7-14-8(5-6-13-14)10(11,12)9(15)16-4-2/h5-6H,3-4,7H2,1-2H3. The summed E-state index contributed by atoms with van der Waals surface area (Å²) in [6, 6.07) is 1.13. The Kier molecular flexibility index (Phi) is 3.98. The van der Waals surface area contributed by atoms with E-state index in [9.17, 15) is 13.6 Å². The molecule has 0 aliphatic rings. The zero-order valence-electron chi connectivity index (χ0n) is 9.24. The number of aryl methyl sites for hydroxylation is 1. The molecule has 0 N–H and O–H groups in total. The highest BCUT2D eigenvalue weighted by atomic mass is 19.3. The van der Waals surface area contributed by atoms with Crippen LogP contribution in [0.4, 0.5) is 8.78 Å². The second-order valence-corrected chi connectivity index (χ2v) is 3.23. The third-order valence-corrected chi connectivity index (χ3v) is 2.01. The van der Waals surface area contributed by atoms with E-state index in [4.69, 9.17) is 0 Å². The molecule has 0 aliphatic heterocycles. The molecule has 6 heteroatoms. The van der Waals surface area contributed by atoms with Crippen LogP contribution in [0.5, 0.6) is 0 Å². The summed E-state index contributed by atoms with van der Waals surface area (Å²) in [6.45, 7) is 3.60. The Bertz CT molecular complexity index is 363. The average molecular weight is 232 g/mol. The number of hydrogen-bond acceptors (Lipinski definition) is 3. The molecule has 0 unspecified atom stereocenters. The highest BCUT2D eigenvalue weighted by Crippen LogP contribution is 2.29. The number of hydrogen-bond donors (Lipinski definition) is 0. The summed E-state index contributed by atoms with van der Waals surface area (Å²) in [7, 11) is 0. The van der Waals surface area contributed by atoms with Crippen molar-refractivity contribution in [3.8, 4) is 0 Å². The number of nitrogens with zero attached hydrogens (tertiary/aromatic N) is 2. The number of alkyl halides is 2. The minimum Gasteiger partial charge on any atom is -0.461 e. The molecule has 1 aromatic rings. The lowest BCUT2D eigenvalue weighted by Crippen LogP contribution is -2.31. The largest absolute Gasteiger partial charge is 0.461 e. The molecule has 0 amide bonds. The Balaban J connectivity index is 2.96. The lowest BCUT2D eigenvalue weighted by Gasteiger charge is -2.15. The van der Waals surface area contributed by atoms with E-state index in [1.165, 1.54) is 13.1 Å². The van der Waals surface area contributed by atoms with Crippen molar-refractivity contribution in [2.24, 2.45) is 0 Å². The van der Waals surface area contributed by atoms with Crippen molar-refractivity contribution >= 4 is 5.97 Å². The summed E-state index contributed by atoms with van der Waals surface area (Å²) in [6.07, 6.45) is 1.91. The fourth-order valence-electron chi connectivity index (χ4n) is 1.32. The minimum absolute atomic E-state index is 0.0731. The van der Waals surface area contributed by atoms with Crippen LogP contribution in [0.3, 0.4) is 0 Å². The number of aromatic nitrogens is 2. The number of ether oxygens (including phenoxy) is 1. The molecule has 0 radical (unpaired) electrons. The van der Waals surface area contributed by atoms with Gasteiger partial charge in [-0.3, -0.25) is 4.68 Å². The quantitative estimate of drug-likeness (QED) is 0.729. The first-order valence-corrected chi connectivity index (χ1v) is 5.11. The minimum atomic E-state index is -3.64. The van der Waals surface area contributed by atoms with Crippen LogP contribution < -0.4 is 0 Å². The van der Waals surface area contributed by atoms with Gasteiger partial charge in [-0.15, -0.1) is 0 Å². The molecule has 1 rings (SSSR count).